The van der Waals surface area contributed by atoms with E-state index in [9.17, 15) is 4.39 Å². The number of aromatic nitrogens is 3. The van der Waals surface area contributed by atoms with Crippen molar-refractivity contribution in [2.75, 3.05) is 43.4 Å². The lowest BCUT2D eigenvalue weighted by Crippen LogP contribution is -2.51. The van der Waals surface area contributed by atoms with Crippen LogP contribution in [0.3, 0.4) is 0 Å². The number of rotatable bonds is 5. The van der Waals surface area contributed by atoms with Crippen LogP contribution in [0, 0.1) is 5.82 Å². The number of ether oxygens (including phenoxy) is 1. The molecular formula is C31H33F2N7O. The maximum atomic E-state index is 16.6. The van der Waals surface area contributed by atoms with Gasteiger partial charge < -0.3 is 20.7 Å². The van der Waals surface area contributed by atoms with Gasteiger partial charge in [-0.1, -0.05) is 24.3 Å². The number of hydrogen-bond acceptors (Lipinski definition) is 8. The molecule has 10 heteroatoms. The highest BCUT2D eigenvalue weighted by Crippen LogP contribution is 2.41. The lowest BCUT2D eigenvalue weighted by Gasteiger charge is -2.34. The molecule has 0 amide bonds. The Hall–Kier alpha value is -3.63. The second-order valence-electron chi connectivity index (χ2n) is 12.2. The molecule has 4 atom stereocenters. The first-order chi connectivity index (χ1) is 20.0. The van der Waals surface area contributed by atoms with Gasteiger partial charge in [-0.25, -0.2) is 13.8 Å². The molecule has 212 valence electrons. The van der Waals surface area contributed by atoms with E-state index < -0.39 is 12.0 Å². The molecule has 4 aromatic rings. The van der Waals surface area contributed by atoms with Crippen molar-refractivity contribution in [3.05, 3.63) is 48.3 Å². The fraction of sp³-hybridized carbons (Fsp3) is 0.452. The normalized spacial score (nSPS) is 27.7. The minimum atomic E-state index is -0.857. The van der Waals surface area contributed by atoms with Crippen LogP contribution in [-0.4, -0.2) is 76.4 Å². The quantitative estimate of drug-likeness (QED) is 0.372. The zero-order valence-electron chi connectivity index (χ0n) is 22.8. The Bertz CT molecular complexity index is 1660. The van der Waals surface area contributed by atoms with E-state index in [-0.39, 0.29) is 23.7 Å². The summed E-state index contributed by atoms with van der Waals surface area (Å²) >= 11 is 0. The van der Waals surface area contributed by atoms with Crippen LogP contribution in [-0.2, 0) is 0 Å². The molecule has 0 unspecified atom stereocenters. The highest BCUT2D eigenvalue weighted by Gasteiger charge is 2.49. The molecule has 0 saturated carbocycles. The molecule has 2 aromatic carbocycles. The first-order valence-electron chi connectivity index (χ1n) is 14.6. The summed E-state index contributed by atoms with van der Waals surface area (Å²) in [5.74, 6) is 0.516. The molecule has 41 heavy (non-hydrogen) atoms. The SMILES string of the molecule is Nc1cc2ccccc2c(-c2ccc3c(N4C[C@H]5CC[C@@H](C4)N5)nc(OC[C@@]45CCCN4C[C@H](F)C5)nc3c2F)n1. The van der Waals surface area contributed by atoms with Gasteiger partial charge in [-0.2, -0.15) is 9.97 Å². The molecule has 0 radical (unpaired) electrons. The molecule has 3 N–H and O–H groups in total. The summed E-state index contributed by atoms with van der Waals surface area (Å²) in [6.45, 7) is 3.17. The van der Waals surface area contributed by atoms with Gasteiger partial charge in [0.05, 0.1) is 11.2 Å². The Labute approximate surface area is 236 Å². The Balaban J connectivity index is 1.24. The highest BCUT2D eigenvalue weighted by atomic mass is 19.1. The van der Waals surface area contributed by atoms with Crippen molar-refractivity contribution in [3.63, 3.8) is 0 Å². The number of hydrogen-bond donors (Lipinski definition) is 2. The lowest BCUT2D eigenvalue weighted by molar-refractivity contribution is 0.107. The van der Waals surface area contributed by atoms with E-state index in [1.165, 1.54) is 0 Å². The Morgan fingerprint density at radius 3 is 2.71 bits per heavy atom. The fourth-order valence-corrected chi connectivity index (χ4v) is 7.66. The summed E-state index contributed by atoms with van der Waals surface area (Å²) in [6.07, 6.45) is 3.71. The first kappa shape index (κ1) is 25.1. The number of halogens is 2. The number of alkyl halides is 1. The van der Waals surface area contributed by atoms with Gasteiger partial charge in [0.2, 0.25) is 0 Å². The average Bonchev–Trinajstić information content (AvgIpc) is 3.61. The maximum Gasteiger partial charge on any atom is 0.319 e. The van der Waals surface area contributed by atoms with Gasteiger partial charge in [-0.05, 0) is 55.8 Å². The molecule has 4 aliphatic heterocycles. The molecule has 0 spiro atoms. The van der Waals surface area contributed by atoms with Crippen LogP contribution in [0.4, 0.5) is 20.4 Å². The van der Waals surface area contributed by atoms with Crippen molar-refractivity contribution in [3.8, 4) is 17.3 Å². The van der Waals surface area contributed by atoms with Crippen LogP contribution in [0.5, 0.6) is 6.01 Å². The highest BCUT2D eigenvalue weighted by molar-refractivity contribution is 6.00. The number of nitrogen functional groups attached to an aromatic ring is 1. The standard InChI is InChI=1S/C31H33F2N7O/c32-19-13-31(10-3-11-40(31)14-19)17-41-30-37-28-24(29(38-30)39-15-20-6-7-21(16-39)35-20)9-8-23(26(28)33)27-22-5-2-1-4-18(22)12-25(34)36-27/h1-2,4-5,8-9,12,19-21,35H,3,6-7,10-11,13-17H2,(H2,34,36)/t19-,20-,21+,31+/m1/s1. The van der Waals surface area contributed by atoms with E-state index >= 15 is 4.39 Å². The van der Waals surface area contributed by atoms with Crippen molar-refractivity contribution in [1.29, 1.82) is 0 Å². The third-order valence-corrected chi connectivity index (χ3v) is 9.53. The van der Waals surface area contributed by atoms with Gasteiger partial charge in [0.15, 0.2) is 5.82 Å². The van der Waals surface area contributed by atoms with Crippen LogP contribution < -0.4 is 20.7 Å². The maximum absolute atomic E-state index is 16.6. The number of fused-ring (bicyclic) bond motifs is 5. The number of piperazine rings is 1. The number of pyridine rings is 1. The predicted octanol–water partition coefficient (Wildman–Crippen LogP) is 4.46. The lowest BCUT2D eigenvalue weighted by atomic mass is 9.95. The Morgan fingerprint density at radius 2 is 1.85 bits per heavy atom. The smallest absolute Gasteiger partial charge is 0.319 e. The molecule has 8 rings (SSSR count). The minimum absolute atomic E-state index is 0.128. The Morgan fingerprint density at radius 1 is 1.02 bits per heavy atom. The molecule has 2 aromatic heterocycles. The van der Waals surface area contributed by atoms with Crippen LogP contribution in [0.2, 0.25) is 0 Å². The number of benzene rings is 2. The van der Waals surface area contributed by atoms with E-state index in [0.717, 1.165) is 56.1 Å². The van der Waals surface area contributed by atoms with Gasteiger partial charge in [-0.3, -0.25) is 4.90 Å². The number of anilines is 2. The van der Waals surface area contributed by atoms with E-state index in [1.54, 1.807) is 12.1 Å². The fourth-order valence-electron chi connectivity index (χ4n) is 7.66. The van der Waals surface area contributed by atoms with E-state index in [0.29, 0.717) is 53.3 Å². The molecule has 2 bridgehead atoms. The first-order valence-corrected chi connectivity index (χ1v) is 14.6. The largest absolute Gasteiger partial charge is 0.461 e. The zero-order valence-corrected chi connectivity index (χ0v) is 22.8. The molecule has 0 aliphatic carbocycles. The van der Waals surface area contributed by atoms with Gasteiger partial charge >= 0.3 is 6.01 Å². The van der Waals surface area contributed by atoms with Gasteiger partial charge in [0.25, 0.3) is 0 Å². The third-order valence-electron chi connectivity index (χ3n) is 9.53. The van der Waals surface area contributed by atoms with Crippen LogP contribution in [0.1, 0.15) is 32.1 Å². The Kier molecular flexibility index (Phi) is 5.79. The predicted molar refractivity (Wildman–Crippen MR) is 155 cm³/mol. The van der Waals surface area contributed by atoms with Gasteiger partial charge in [-0.15, -0.1) is 0 Å². The summed E-state index contributed by atoms with van der Waals surface area (Å²) in [4.78, 5) is 18.5. The van der Waals surface area contributed by atoms with Crippen molar-refractivity contribution in [1.82, 2.24) is 25.2 Å². The van der Waals surface area contributed by atoms with Crippen molar-refractivity contribution >= 4 is 33.3 Å². The second-order valence-corrected chi connectivity index (χ2v) is 12.2. The average molecular weight is 558 g/mol. The van der Waals surface area contributed by atoms with Crippen molar-refractivity contribution in [2.45, 2.75) is 55.9 Å². The molecular weight excluding hydrogens is 524 g/mol. The number of nitrogens with two attached hydrogens (primary N) is 1. The van der Waals surface area contributed by atoms with Gasteiger partial charge in [0, 0.05) is 54.5 Å². The molecule has 6 heterocycles. The molecule has 8 nitrogen and oxygen atoms in total. The molecule has 4 aliphatic rings. The third kappa shape index (κ3) is 4.18. The number of nitrogens with zero attached hydrogens (tertiary/aromatic N) is 5. The van der Waals surface area contributed by atoms with Gasteiger partial charge in [0.1, 0.15) is 29.9 Å². The van der Waals surface area contributed by atoms with Crippen LogP contribution >= 0.6 is 0 Å². The van der Waals surface area contributed by atoms with Crippen LogP contribution in [0.15, 0.2) is 42.5 Å². The van der Waals surface area contributed by atoms with Crippen molar-refractivity contribution in [2.24, 2.45) is 0 Å². The second kappa shape index (κ2) is 9.46. The summed E-state index contributed by atoms with van der Waals surface area (Å²) in [6, 6.07) is 14.0. The summed E-state index contributed by atoms with van der Waals surface area (Å²) in [5.41, 5.74) is 6.78. The van der Waals surface area contributed by atoms with E-state index in [2.05, 4.69) is 25.1 Å². The monoisotopic (exact) mass is 557 g/mol. The topological polar surface area (TPSA) is 92.4 Å². The van der Waals surface area contributed by atoms with Crippen LogP contribution in [0.25, 0.3) is 32.9 Å². The van der Waals surface area contributed by atoms with E-state index in [1.807, 2.05) is 30.3 Å². The molecule has 4 fully saturated rings. The minimum Gasteiger partial charge on any atom is -0.461 e. The summed E-state index contributed by atoms with van der Waals surface area (Å²) in [5, 5.41) is 6.00. The summed E-state index contributed by atoms with van der Waals surface area (Å²) in [7, 11) is 0. The number of nitrogens with one attached hydrogen (secondary N) is 1. The van der Waals surface area contributed by atoms with Crippen molar-refractivity contribution < 1.29 is 13.5 Å². The molecule has 4 saturated heterocycles. The zero-order chi connectivity index (χ0) is 27.7. The van der Waals surface area contributed by atoms with E-state index in [4.69, 9.17) is 15.5 Å². The summed E-state index contributed by atoms with van der Waals surface area (Å²) < 4.78 is 37.3.